The number of rotatable bonds is 7. The Morgan fingerprint density at radius 1 is 1.30 bits per heavy atom. The smallest absolute Gasteiger partial charge is 0.303 e. The first-order chi connectivity index (χ1) is 9.40. The molecule has 1 aromatic rings. The highest BCUT2D eigenvalue weighted by Gasteiger charge is 2.11. The number of carbonyl (C=O) groups is 2. The number of thioether (sulfide) groups is 1. The average Bonchev–Trinajstić information content (AvgIpc) is 2.39. The molecular formula is C13H15F2NO3S. The third-order valence-corrected chi connectivity index (χ3v) is 3.54. The molecule has 1 rings (SSSR count). The molecular weight excluding hydrogens is 288 g/mol. The number of hydrogen-bond acceptors (Lipinski definition) is 3. The number of carbonyl (C=O) groups excluding carboxylic acids is 1. The van der Waals surface area contributed by atoms with Crippen LogP contribution >= 0.6 is 11.8 Å². The van der Waals surface area contributed by atoms with E-state index in [1.54, 1.807) is 7.05 Å². The van der Waals surface area contributed by atoms with Gasteiger partial charge >= 0.3 is 5.97 Å². The molecule has 1 N–H and O–H groups in total. The number of carboxylic acid groups (broad SMARTS) is 1. The third kappa shape index (κ3) is 5.56. The van der Waals surface area contributed by atoms with E-state index in [4.69, 9.17) is 5.11 Å². The zero-order valence-corrected chi connectivity index (χ0v) is 11.8. The average molecular weight is 303 g/mol. The number of hydrogen-bond donors (Lipinski definition) is 1. The number of benzene rings is 1. The minimum atomic E-state index is -0.947. The second-order valence-corrected chi connectivity index (χ2v) is 5.23. The largest absolute Gasteiger partial charge is 0.481 e. The van der Waals surface area contributed by atoms with Crippen molar-refractivity contribution >= 4 is 23.6 Å². The van der Waals surface area contributed by atoms with E-state index < -0.39 is 17.6 Å². The lowest BCUT2D eigenvalue weighted by Crippen LogP contribution is -2.29. The summed E-state index contributed by atoms with van der Waals surface area (Å²) in [5, 5.41) is 8.49. The number of nitrogens with zero attached hydrogens (tertiary/aromatic N) is 1. The van der Waals surface area contributed by atoms with E-state index in [9.17, 15) is 18.4 Å². The molecule has 0 saturated carbocycles. The van der Waals surface area contributed by atoms with Crippen LogP contribution in [-0.2, 0) is 9.59 Å². The normalized spacial score (nSPS) is 10.3. The number of halogens is 2. The van der Waals surface area contributed by atoms with Crippen LogP contribution in [0.1, 0.15) is 12.8 Å². The van der Waals surface area contributed by atoms with Crippen molar-refractivity contribution in [2.75, 3.05) is 19.3 Å². The van der Waals surface area contributed by atoms with Gasteiger partial charge in [-0.25, -0.2) is 8.78 Å². The number of carboxylic acids is 1. The molecule has 110 valence electrons. The molecule has 0 aliphatic rings. The van der Waals surface area contributed by atoms with Crippen LogP contribution in [0.2, 0.25) is 0 Å². The summed E-state index contributed by atoms with van der Waals surface area (Å²) in [5.74, 6) is -2.87. The van der Waals surface area contributed by atoms with E-state index in [1.165, 1.54) is 11.0 Å². The molecule has 0 bridgehead atoms. The number of amides is 1. The summed E-state index contributed by atoms with van der Waals surface area (Å²) < 4.78 is 25.7. The van der Waals surface area contributed by atoms with Crippen molar-refractivity contribution in [3.63, 3.8) is 0 Å². The fourth-order valence-electron chi connectivity index (χ4n) is 1.41. The second-order valence-electron chi connectivity index (χ2n) is 4.18. The van der Waals surface area contributed by atoms with Gasteiger partial charge < -0.3 is 10.0 Å². The molecule has 4 nitrogen and oxygen atoms in total. The topological polar surface area (TPSA) is 57.6 Å². The van der Waals surface area contributed by atoms with Crippen LogP contribution in [0.25, 0.3) is 0 Å². The fraction of sp³-hybridized carbons (Fsp3) is 0.385. The van der Waals surface area contributed by atoms with Gasteiger partial charge in [0.25, 0.3) is 0 Å². The zero-order chi connectivity index (χ0) is 15.1. The van der Waals surface area contributed by atoms with Crippen LogP contribution < -0.4 is 0 Å². The van der Waals surface area contributed by atoms with Crippen molar-refractivity contribution in [1.29, 1.82) is 0 Å². The predicted molar refractivity (Wildman–Crippen MR) is 71.6 cm³/mol. The highest BCUT2D eigenvalue weighted by Crippen LogP contribution is 2.20. The van der Waals surface area contributed by atoms with Crippen molar-refractivity contribution in [3.05, 3.63) is 29.8 Å². The van der Waals surface area contributed by atoms with E-state index in [0.29, 0.717) is 17.9 Å². The quantitative estimate of drug-likeness (QED) is 0.786. The third-order valence-electron chi connectivity index (χ3n) is 2.56. The van der Waals surface area contributed by atoms with Crippen molar-refractivity contribution in [1.82, 2.24) is 4.90 Å². The van der Waals surface area contributed by atoms with Crippen molar-refractivity contribution < 1.29 is 23.5 Å². The van der Waals surface area contributed by atoms with Crippen LogP contribution in [0, 0.1) is 11.6 Å². The molecule has 0 unspecified atom stereocenters. The molecule has 0 aromatic heterocycles. The standard InChI is InChI=1S/C13H15F2NO3S/c1-16(6-2-3-13(18)19)12(17)8-20-9-4-5-10(14)11(15)7-9/h4-5,7H,2-3,6,8H2,1H3,(H,18,19). The Bertz CT molecular complexity index is 497. The number of aliphatic carboxylic acids is 1. The minimum absolute atomic E-state index is 0.00787. The Balaban J connectivity index is 2.38. The lowest BCUT2D eigenvalue weighted by atomic mass is 10.3. The summed E-state index contributed by atoms with van der Waals surface area (Å²) in [6, 6.07) is 3.46. The maximum absolute atomic E-state index is 13.0. The highest BCUT2D eigenvalue weighted by atomic mass is 32.2. The van der Waals surface area contributed by atoms with Crippen LogP contribution in [-0.4, -0.2) is 41.2 Å². The molecule has 0 atom stereocenters. The molecule has 0 aliphatic carbocycles. The van der Waals surface area contributed by atoms with Gasteiger partial charge in [-0.3, -0.25) is 9.59 Å². The summed E-state index contributed by atoms with van der Waals surface area (Å²) in [7, 11) is 1.58. The van der Waals surface area contributed by atoms with Gasteiger partial charge in [-0.05, 0) is 24.6 Å². The first kappa shape index (κ1) is 16.4. The Labute approximate surface area is 119 Å². The van der Waals surface area contributed by atoms with Gasteiger partial charge in [0.15, 0.2) is 11.6 Å². The van der Waals surface area contributed by atoms with Crippen LogP contribution in [0.4, 0.5) is 8.78 Å². The van der Waals surface area contributed by atoms with Crippen molar-refractivity contribution in [3.8, 4) is 0 Å². The highest BCUT2D eigenvalue weighted by molar-refractivity contribution is 8.00. The van der Waals surface area contributed by atoms with Gasteiger partial charge in [0.1, 0.15) is 0 Å². The van der Waals surface area contributed by atoms with Crippen LogP contribution in [0.5, 0.6) is 0 Å². The predicted octanol–water partition coefficient (Wildman–Crippen LogP) is 2.38. The minimum Gasteiger partial charge on any atom is -0.481 e. The van der Waals surface area contributed by atoms with Gasteiger partial charge in [0.05, 0.1) is 5.75 Å². The summed E-state index contributed by atoms with van der Waals surface area (Å²) in [6.45, 7) is 0.351. The lowest BCUT2D eigenvalue weighted by Gasteiger charge is -2.16. The summed E-state index contributed by atoms with van der Waals surface area (Å²) in [5.41, 5.74) is 0. The van der Waals surface area contributed by atoms with E-state index in [-0.39, 0.29) is 18.1 Å². The maximum Gasteiger partial charge on any atom is 0.303 e. The van der Waals surface area contributed by atoms with E-state index >= 15 is 0 Å². The van der Waals surface area contributed by atoms with Gasteiger partial charge in [-0.15, -0.1) is 11.8 Å². The van der Waals surface area contributed by atoms with Crippen LogP contribution in [0.15, 0.2) is 23.1 Å². The SMILES string of the molecule is CN(CCCC(=O)O)C(=O)CSc1ccc(F)c(F)c1. The fourth-order valence-corrected chi connectivity index (χ4v) is 2.28. The molecule has 0 saturated heterocycles. The van der Waals surface area contributed by atoms with Gasteiger partial charge in [0.2, 0.25) is 5.91 Å². The molecule has 1 amide bonds. The van der Waals surface area contributed by atoms with Gasteiger partial charge in [0, 0.05) is 24.9 Å². The zero-order valence-electron chi connectivity index (χ0n) is 10.9. The maximum atomic E-state index is 13.0. The first-order valence-electron chi connectivity index (χ1n) is 5.93. The monoisotopic (exact) mass is 303 g/mol. The van der Waals surface area contributed by atoms with Crippen molar-refractivity contribution in [2.24, 2.45) is 0 Å². The molecule has 1 aromatic carbocycles. The van der Waals surface area contributed by atoms with E-state index in [1.807, 2.05) is 0 Å². The molecule has 0 fully saturated rings. The summed E-state index contributed by atoms with van der Waals surface area (Å²) in [4.78, 5) is 24.0. The second kappa shape index (κ2) is 7.84. The molecule has 0 aliphatic heterocycles. The molecule has 0 spiro atoms. The Morgan fingerprint density at radius 2 is 2.00 bits per heavy atom. The van der Waals surface area contributed by atoms with Crippen molar-refractivity contribution in [2.45, 2.75) is 17.7 Å². The molecule has 7 heteroatoms. The molecule has 0 radical (unpaired) electrons. The Hall–Kier alpha value is -1.63. The van der Waals surface area contributed by atoms with Crippen LogP contribution in [0.3, 0.4) is 0 Å². The van der Waals surface area contributed by atoms with E-state index in [0.717, 1.165) is 23.9 Å². The first-order valence-corrected chi connectivity index (χ1v) is 6.92. The molecule has 20 heavy (non-hydrogen) atoms. The van der Waals surface area contributed by atoms with Gasteiger partial charge in [-0.2, -0.15) is 0 Å². The Kier molecular flexibility index (Phi) is 6.44. The van der Waals surface area contributed by atoms with E-state index in [2.05, 4.69) is 0 Å². The summed E-state index contributed by atoms with van der Waals surface area (Å²) >= 11 is 1.11. The Morgan fingerprint density at radius 3 is 2.60 bits per heavy atom. The lowest BCUT2D eigenvalue weighted by molar-refractivity contribution is -0.137. The van der Waals surface area contributed by atoms with Gasteiger partial charge in [-0.1, -0.05) is 0 Å². The molecule has 0 heterocycles. The summed E-state index contributed by atoms with van der Waals surface area (Å²) in [6.07, 6.45) is 0.390.